The third-order valence-electron chi connectivity index (χ3n) is 7.39. The molecule has 1 N–H and O–H groups in total. The van der Waals surface area contributed by atoms with Crippen LogP contribution in [0.1, 0.15) is 55.1 Å². The van der Waals surface area contributed by atoms with E-state index in [0.717, 1.165) is 58.8 Å². The van der Waals surface area contributed by atoms with E-state index < -0.39 is 11.6 Å². The molecule has 0 saturated heterocycles. The van der Waals surface area contributed by atoms with E-state index in [1.54, 1.807) is 6.07 Å². The van der Waals surface area contributed by atoms with Gasteiger partial charge in [0, 0.05) is 40.3 Å². The maximum absolute atomic E-state index is 13.3. The minimum Gasteiger partial charge on any atom is -0.493 e. The maximum Gasteiger partial charge on any atom is 0.347 e. The standard InChI is InChI=1S/C35H34FNO5/c1-4-6-30-29-14-9-26(33(38)23-7-11-27(36)12-8-23)21-24(29)10-16-32(30)41-20-5-18-37-19-17-25-22-28(13-15-31(25)37)42-35(2,3)34(39)40/h7-17,19,21-22H,4-6,18,20H2,1-3H3,(H,39,40). The van der Waals surface area contributed by atoms with E-state index in [4.69, 9.17) is 9.47 Å². The zero-order valence-corrected chi connectivity index (χ0v) is 24.0. The summed E-state index contributed by atoms with van der Waals surface area (Å²) in [5, 5.41) is 12.3. The Labute approximate surface area is 244 Å². The van der Waals surface area contributed by atoms with Crippen molar-refractivity contribution in [2.75, 3.05) is 6.61 Å². The van der Waals surface area contributed by atoms with Crippen LogP contribution in [0.15, 0.2) is 85.1 Å². The van der Waals surface area contributed by atoms with Crippen LogP contribution in [0.3, 0.4) is 0 Å². The molecule has 5 aromatic rings. The molecule has 5 rings (SSSR count). The van der Waals surface area contributed by atoms with Crippen molar-refractivity contribution in [1.82, 2.24) is 4.57 Å². The van der Waals surface area contributed by atoms with Gasteiger partial charge < -0.3 is 19.1 Å². The lowest BCUT2D eigenvalue weighted by atomic mass is 9.95. The van der Waals surface area contributed by atoms with E-state index in [-0.39, 0.29) is 11.6 Å². The smallest absolute Gasteiger partial charge is 0.347 e. The topological polar surface area (TPSA) is 77.8 Å². The molecule has 4 aromatic carbocycles. The number of carboxylic acid groups (broad SMARTS) is 1. The summed E-state index contributed by atoms with van der Waals surface area (Å²) in [6, 6.07) is 22.9. The van der Waals surface area contributed by atoms with Gasteiger partial charge in [0.15, 0.2) is 11.4 Å². The Morgan fingerprint density at radius 2 is 1.67 bits per heavy atom. The fraction of sp³-hybridized carbons (Fsp3) is 0.257. The lowest BCUT2D eigenvalue weighted by Gasteiger charge is -2.21. The van der Waals surface area contributed by atoms with Crippen LogP contribution in [0.25, 0.3) is 21.7 Å². The van der Waals surface area contributed by atoms with Crippen molar-refractivity contribution in [3.8, 4) is 11.5 Å². The van der Waals surface area contributed by atoms with Crippen LogP contribution in [0, 0.1) is 5.82 Å². The molecule has 0 spiro atoms. The first-order valence-electron chi connectivity index (χ1n) is 14.2. The second-order valence-electron chi connectivity index (χ2n) is 10.9. The van der Waals surface area contributed by atoms with Crippen molar-refractivity contribution < 1.29 is 28.6 Å². The molecule has 6 nitrogen and oxygen atoms in total. The summed E-state index contributed by atoms with van der Waals surface area (Å²) < 4.78 is 27.4. The monoisotopic (exact) mass is 567 g/mol. The van der Waals surface area contributed by atoms with Gasteiger partial charge in [0.25, 0.3) is 0 Å². The summed E-state index contributed by atoms with van der Waals surface area (Å²) in [7, 11) is 0. The molecule has 42 heavy (non-hydrogen) atoms. The number of carbonyl (C=O) groups excluding carboxylic acids is 1. The van der Waals surface area contributed by atoms with Crippen LogP contribution < -0.4 is 9.47 Å². The average Bonchev–Trinajstić information content (AvgIpc) is 3.37. The van der Waals surface area contributed by atoms with E-state index in [1.807, 2.05) is 54.7 Å². The lowest BCUT2D eigenvalue weighted by Crippen LogP contribution is -2.37. The number of carboxylic acids is 1. The molecule has 1 aromatic heterocycles. The Balaban J connectivity index is 1.26. The first-order chi connectivity index (χ1) is 20.2. The largest absolute Gasteiger partial charge is 0.493 e. The van der Waals surface area contributed by atoms with Crippen molar-refractivity contribution >= 4 is 33.4 Å². The molecule has 0 fully saturated rings. The molecule has 0 atom stereocenters. The van der Waals surface area contributed by atoms with Gasteiger partial charge in [-0.05, 0) is 98.1 Å². The number of rotatable bonds is 12. The highest BCUT2D eigenvalue weighted by Gasteiger charge is 2.29. The summed E-state index contributed by atoms with van der Waals surface area (Å²) in [4.78, 5) is 24.3. The summed E-state index contributed by atoms with van der Waals surface area (Å²) in [5.41, 5.74) is 1.87. The zero-order chi connectivity index (χ0) is 29.9. The number of ether oxygens (including phenoxy) is 2. The van der Waals surface area contributed by atoms with Gasteiger partial charge in [-0.25, -0.2) is 9.18 Å². The Kier molecular flexibility index (Phi) is 8.29. The Morgan fingerprint density at radius 1 is 0.905 bits per heavy atom. The van der Waals surface area contributed by atoms with Gasteiger partial charge in [0.1, 0.15) is 17.3 Å². The zero-order valence-electron chi connectivity index (χ0n) is 24.0. The number of halogens is 1. The van der Waals surface area contributed by atoms with E-state index in [9.17, 15) is 19.1 Å². The van der Waals surface area contributed by atoms with Crippen LogP contribution in [0.4, 0.5) is 4.39 Å². The number of nitrogens with zero attached hydrogens (tertiary/aromatic N) is 1. The number of hydrogen-bond donors (Lipinski definition) is 1. The minimum atomic E-state index is -1.31. The molecule has 0 bridgehead atoms. The molecule has 0 amide bonds. The average molecular weight is 568 g/mol. The van der Waals surface area contributed by atoms with Crippen molar-refractivity contribution in [2.45, 2.75) is 52.2 Å². The molecule has 0 saturated carbocycles. The van der Waals surface area contributed by atoms with Crippen LogP contribution in [0.5, 0.6) is 11.5 Å². The van der Waals surface area contributed by atoms with Crippen molar-refractivity contribution in [1.29, 1.82) is 0 Å². The quantitative estimate of drug-likeness (QED) is 0.123. The van der Waals surface area contributed by atoms with Crippen LogP contribution in [-0.2, 0) is 17.8 Å². The van der Waals surface area contributed by atoms with Crippen LogP contribution in [-0.4, -0.2) is 33.6 Å². The highest BCUT2D eigenvalue weighted by molar-refractivity contribution is 6.10. The van der Waals surface area contributed by atoms with E-state index >= 15 is 0 Å². The number of hydrogen-bond acceptors (Lipinski definition) is 4. The van der Waals surface area contributed by atoms with Gasteiger partial charge in [-0.2, -0.15) is 0 Å². The number of fused-ring (bicyclic) bond motifs is 2. The van der Waals surface area contributed by atoms with Crippen LogP contribution in [0.2, 0.25) is 0 Å². The fourth-order valence-corrected chi connectivity index (χ4v) is 5.12. The number of aromatic nitrogens is 1. The molecule has 0 aliphatic heterocycles. The number of aryl methyl sites for hydroxylation is 2. The molecular weight excluding hydrogens is 533 g/mol. The van der Waals surface area contributed by atoms with Gasteiger partial charge in [0.05, 0.1) is 6.61 Å². The highest BCUT2D eigenvalue weighted by atomic mass is 19.1. The maximum atomic E-state index is 13.3. The first-order valence-corrected chi connectivity index (χ1v) is 14.2. The summed E-state index contributed by atoms with van der Waals surface area (Å²) >= 11 is 0. The van der Waals surface area contributed by atoms with Gasteiger partial charge in [0.2, 0.25) is 0 Å². The second-order valence-corrected chi connectivity index (χ2v) is 10.9. The normalized spacial score (nSPS) is 11.6. The van der Waals surface area contributed by atoms with Crippen molar-refractivity contribution in [3.05, 3.63) is 108 Å². The predicted molar refractivity (Wildman–Crippen MR) is 162 cm³/mol. The molecule has 0 aliphatic rings. The van der Waals surface area contributed by atoms with E-state index in [1.165, 1.54) is 38.1 Å². The second kappa shape index (κ2) is 12.1. The molecular formula is C35H34FNO5. The summed E-state index contributed by atoms with van der Waals surface area (Å²) in [6.45, 7) is 6.49. The minimum absolute atomic E-state index is 0.139. The molecule has 0 unspecified atom stereocenters. The number of aliphatic carboxylic acids is 1. The Morgan fingerprint density at radius 3 is 2.40 bits per heavy atom. The SMILES string of the molecule is CCCc1c(OCCCn2ccc3cc(OC(C)(C)C(=O)O)ccc32)ccc2cc(C(=O)c3ccc(F)cc3)ccc12. The number of carbonyl (C=O) groups is 2. The van der Waals surface area contributed by atoms with Gasteiger partial charge >= 0.3 is 5.97 Å². The van der Waals surface area contributed by atoms with Gasteiger partial charge in [-0.1, -0.05) is 31.5 Å². The summed E-state index contributed by atoms with van der Waals surface area (Å²) in [5.74, 6) is -0.161. The molecule has 7 heteroatoms. The molecule has 0 radical (unpaired) electrons. The summed E-state index contributed by atoms with van der Waals surface area (Å²) in [6.07, 6.45) is 4.61. The van der Waals surface area contributed by atoms with Gasteiger partial charge in [-0.15, -0.1) is 0 Å². The number of benzene rings is 4. The van der Waals surface area contributed by atoms with Crippen LogP contribution >= 0.6 is 0 Å². The third kappa shape index (κ3) is 6.15. The Hall–Kier alpha value is -4.65. The first kappa shape index (κ1) is 28.9. The third-order valence-corrected chi connectivity index (χ3v) is 7.39. The molecule has 0 aliphatic carbocycles. The van der Waals surface area contributed by atoms with Crippen molar-refractivity contribution in [3.63, 3.8) is 0 Å². The number of ketones is 1. The molecule has 1 heterocycles. The molecule has 216 valence electrons. The van der Waals surface area contributed by atoms with E-state index in [0.29, 0.717) is 23.5 Å². The predicted octanol–water partition coefficient (Wildman–Crippen LogP) is 7.83. The van der Waals surface area contributed by atoms with E-state index in [2.05, 4.69) is 11.5 Å². The van der Waals surface area contributed by atoms with Crippen molar-refractivity contribution in [2.24, 2.45) is 0 Å². The lowest BCUT2D eigenvalue weighted by molar-refractivity contribution is -0.152. The fourth-order valence-electron chi connectivity index (χ4n) is 5.12. The van der Waals surface area contributed by atoms with Gasteiger partial charge in [-0.3, -0.25) is 4.79 Å². The Bertz CT molecular complexity index is 1750. The highest BCUT2D eigenvalue weighted by Crippen LogP contribution is 2.31.